The van der Waals surface area contributed by atoms with Crippen molar-refractivity contribution in [3.63, 3.8) is 0 Å². The molecule has 0 aliphatic carbocycles. The van der Waals surface area contributed by atoms with E-state index in [1.807, 2.05) is 0 Å². The molecule has 0 aliphatic rings. The average molecular weight is 460 g/mol. The van der Waals surface area contributed by atoms with Gasteiger partial charge in [-0.05, 0) is 54.4 Å². The minimum atomic E-state index is -4.28. The Labute approximate surface area is 185 Å². The molecule has 32 heavy (non-hydrogen) atoms. The molecule has 0 bridgehead atoms. The largest absolute Gasteiger partial charge is 0.497 e. The van der Waals surface area contributed by atoms with Gasteiger partial charge in [0.1, 0.15) is 22.0 Å². The van der Waals surface area contributed by atoms with E-state index in [1.54, 1.807) is 13.8 Å². The fourth-order valence-corrected chi connectivity index (χ4v) is 3.76. The summed E-state index contributed by atoms with van der Waals surface area (Å²) in [5, 5.41) is 0. The molecule has 2 aromatic carbocycles. The van der Waals surface area contributed by atoms with E-state index in [1.165, 1.54) is 62.8 Å². The summed E-state index contributed by atoms with van der Waals surface area (Å²) in [5.74, 6) is -1.02. The van der Waals surface area contributed by atoms with E-state index in [0.29, 0.717) is 11.3 Å². The first-order valence-electron chi connectivity index (χ1n) is 9.51. The van der Waals surface area contributed by atoms with Crippen LogP contribution >= 0.6 is 0 Å². The summed E-state index contributed by atoms with van der Waals surface area (Å²) in [7, 11) is -1.61. The van der Waals surface area contributed by atoms with Gasteiger partial charge in [0, 0.05) is 5.56 Å². The third kappa shape index (κ3) is 4.86. The third-order valence-corrected chi connectivity index (χ3v) is 5.72. The molecular weight excluding hydrogens is 439 g/mol. The second-order valence-corrected chi connectivity index (χ2v) is 8.53. The van der Waals surface area contributed by atoms with Crippen LogP contribution in [0.25, 0.3) is 11.3 Å². The number of carbonyl (C=O) groups excluding carboxylic acids is 1. The van der Waals surface area contributed by atoms with E-state index in [4.69, 9.17) is 13.7 Å². The van der Waals surface area contributed by atoms with Crippen LogP contribution in [0.3, 0.4) is 0 Å². The highest BCUT2D eigenvalue weighted by atomic mass is 32.2. The number of methoxy groups -OCH3 is 2. The number of hydrogen-bond acceptors (Lipinski definition) is 8. The molecule has 0 saturated heterocycles. The Morgan fingerprint density at radius 1 is 0.969 bits per heavy atom. The first-order valence-corrected chi connectivity index (χ1v) is 10.9. The molecule has 168 valence electrons. The number of esters is 1. The fraction of sp³-hybridized carbons (Fsp3) is 0.227. The van der Waals surface area contributed by atoms with Gasteiger partial charge in [0.2, 0.25) is 0 Å². The monoisotopic (exact) mass is 460 g/mol. The SMILES string of the molecule is COC(=O)c1c(-c2ccc(F)cc2)nc(OS(=O)(=O)c2ccc(OC)cc2)nc1C(C)C. The maximum atomic E-state index is 13.4. The number of benzene rings is 2. The molecule has 0 radical (unpaired) electrons. The van der Waals surface area contributed by atoms with Gasteiger partial charge in [-0.25, -0.2) is 9.18 Å². The smallest absolute Gasteiger partial charge is 0.341 e. The van der Waals surface area contributed by atoms with Crippen molar-refractivity contribution in [2.45, 2.75) is 24.7 Å². The zero-order chi connectivity index (χ0) is 23.5. The zero-order valence-corrected chi connectivity index (χ0v) is 18.6. The molecule has 10 heteroatoms. The summed E-state index contributed by atoms with van der Waals surface area (Å²) in [6, 6.07) is 10.3. The van der Waals surface area contributed by atoms with Crippen molar-refractivity contribution in [3.05, 3.63) is 65.6 Å². The first-order chi connectivity index (χ1) is 15.2. The van der Waals surface area contributed by atoms with Crippen LogP contribution in [-0.2, 0) is 14.9 Å². The minimum absolute atomic E-state index is 0.0447. The Morgan fingerprint density at radius 3 is 2.12 bits per heavy atom. The van der Waals surface area contributed by atoms with Crippen LogP contribution in [0.2, 0.25) is 0 Å². The van der Waals surface area contributed by atoms with Crippen LogP contribution in [0.1, 0.15) is 35.8 Å². The first kappa shape index (κ1) is 23.1. The lowest BCUT2D eigenvalue weighted by Crippen LogP contribution is -2.17. The number of carbonyl (C=O) groups is 1. The van der Waals surface area contributed by atoms with Crippen LogP contribution in [0.4, 0.5) is 4.39 Å². The Bertz CT molecular complexity index is 1230. The average Bonchev–Trinajstić information content (AvgIpc) is 2.78. The molecule has 0 amide bonds. The zero-order valence-electron chi connectivity index (χ0n) is 17.8. The molecule has 3 aromatic rings. The summed E-state index contributed by atoms with van der Waals surface area (Å²) >= 11 is 0. The van der Waals surface area contributed by atoms with E-state index in [9.17, 15) is 17.6 Å². The number of aromatic nitrogens is 2. The van der Waals surface area contributed by atoms with E-state index in [2.05, 4.69) is 9.97 Å². The van der Waals surface area contributed by atoms with E-state index in [0.717, 1.165) is 0 Å². The normalized spacial score (nSPS) is 11.3. The summed E-state index contributed by atoms with van der Waals surface area (Å²) in [6.45, 7) is 3.54. The number of halogens is 1. The van der Waals surface area contributed by atoms with Gasteiger partial charge < -0.3 is 13.7 Å². The van der Waals surface area contributed by atoms with Crippen LogP contribution in [0.5, 0.6) is 11.8 Å². The predicted octanol–water partition coefficient (Wildman–Crippen LogP) is 3.97. The maximum Gasteiger partial charge on any atom is 0.341 e. The van der Waals surface area contributed by atoms with Crippen LogP contribution in [0.15, 0.2) is 53.4 Å². The molecule has 0 spiro atoms. The highest BCUT2D eigenvalue weighted by Gasteiger charge is 2.27. The predicted molar refractivity (Wildman–Crippen MR) is 114 cm³/mol. The van der Waals surface area contributed by atoms with Crippen molar-refractivity contribution in [2.24, 2.45) is 0 Å². The Morgan fingerprint density at radius 2 is 1.59 bits per heavy atom. The van der Waals surface area contributed by atoms with Gasteiger partial charge in [-0.15, -0.1) is 0 Å². The van der Waals surface area contributed by atoms with Crippen molar-refractivity contribution >= 4 is 16.1 Å². The summed E-state index contributed by atoms with van der Waals surface area (Å²) in [4.78, 5) is 20.7. The summed E-state index contributed by atoms with van der Waals surface area (Å²) in [6.07, 6.45) is 0. The van der Waals surface area contributed by atoms with Crippen molar-refractivity contribution < 1.29 is 31.3 Å². The molecule has 0 atom stereocenters. The number of hydrogen-bond donors (Lipinski definition) is 0. The molecule has 1 aromatic heterocycles. The van der Waals surface area contributed by atoms with Crippen molar-refractivity contribution in [2.75, 3.05) is 14.2 Å². The van der Waals surface area contributed by atoms with Crippen molar-refractivity contribution in [1.82, 2.24) is 9.97 Å². The lowest BCUT2D eigenvalue weighted by atomic mass is 9.98. The molecule has 0 aliphatic heterocycles. The summed E-state index contributed by atoms with van der Waals surface area (Å²) < 4.78 is 54.1. The lowest BCUT2D eigenvalue weighted by Gasteiger charge is -2.16. The van der Waals surface area contributed by atoms with Crippen molar-refractivity contribution in [3.8, 4) is 23.0 Å². The van der Waals surface area contributed by atoms with Gasteiger partial charge in [0.25, 0.3) is 0 Å². The van der Waals surface area contributed by atoms with Crippen LogP contribution in [-0.4, -0.2) is 38.6 Å². The van der Waals surface area contributed by atoms with Gasteiger partial charge in [-0.1, -0.05) is 13.8 Å². The van der Waals surface area contributed by atoms with E-state index in [-0.39, 0.29) is 27.8 Å². The topological polar surface area (TPSA) is 105 Å². The molecule has 0 saturated carbocycles. The maximum absolute atomic E-state index is 13.4. The molecule has 1 heterocycles. The molecule has 0 fully saturated rings. The second-order valence-electron chi connectivity index (χ2n) is 6.98. The van der Waals surface area contributed by atoms with Gasteiger partial charge in [-0.2, -0.15) is 18.4 Å². The second kappa shape index (κ2) is 9.31. The van der Waals surface area contributed by atoms with Crippen molar-refractivity contribution in [1.29, 1.82) is 0 Å². The van der Waals surface area contributed by atoms with E-state index < -0.39 is 27.9 Å². The summed E-state index contributed by atoms with van der Waals surface area (Å²) in [5.41, 5.74) is 0.702. The van der Waals surface area contributed by atoms with Crippen LogP contribution in [0, 0.1) is 5.82 Å². The standard InChI is InChI=1S/C22H21FN2O6S/c1-13(2)19-18(21(26)30-4)20(14-5-7-15(23)8-6-14)25-22(24-19)31-32(27,28)17-11-9-16(29-3)10-12-17/h5-13H,1-4H3. The molecule has 0 N–H and O–H groups in total. The lowest BCUT2D eigenvalue weighted by molar-refractivity contribution is 0.0598. The Kier molecular flexibility index (Phi) is 6.73. The highest BCUT2D eigenvalue weighted by Crippen LogP contribution is 2.31. The molecule has 0 unspecified atom stereocenters. The fourth-order valence-electron chi connectivity index (χ4n) is 2.92. The highest BCUT2D eigenvalue weighted by molar-refractivity contribution is 7.87. The Hall–Kier alpha value is -3.53. The molecular formula is C22H21FN2O6S. The third-order valence-electron chi connectivity index (χ3n) is 4.50. The minimum Gasteiger partial charge on any atom is -0.497 e. The van der Waals surface area contributed by atoms with E-state index >= 15 is 0 Å². The van der Waals surface area contributed by atoms with Crippen LogP contribution < -0.4 is 8.92 Å². The van der Waals surface area contributed by atoms with Gasteiger partial charge in [0.15, 0.2) is 0 Å². The van der Waals surface area contributed by atoms with Gasteiger partial charge >= 0.3 is 22.1 Å². The molecule has 8 nitrogen and oxygen atoms in total. The number of ether oxygens (including phenoxy) is 2. The van der Waals surface area contributed by atoms with Gasteiger partial charge in [0.05, 0.1) is 25.6 Å². The Balaban J connectivity index is 2.15. The molecule has 3 rings (SSSR count). The van der Waals surface area contributed by atoms with Gasteiger partial charge in [-0.3, -0.25) is 0 Å². The number of rotatable bonds is 7. The number of nitrogens with zero attached hydrogens (tertiary/aromatic N) is 2. The quantitative estimate of drug-likeness (QED) is 0.385.